The minimum absolute atomic E-state index is 0.0233. The van der Waals surface area contributed by atoms with E-state index < -0.39 is 11.2 Å². The van der Waals surface area contributed by atoms with E-state index in [0.29, 0.717) is 11.3 Å². The molecule has 144 valence electrons. The molecule has 0 aliphatic heterocycles. The maximum atomic E-state index is 13.1. The summed E-state index contributed by atoms with van der Waals surface area (Å²) in [6, 6.07) is 9.33. The first-order valence-corrected chi connectivity index (χ1v) is 8.51. The standard InChI is InChI=1S/C19H17FN4O4/c1-22-15-16(21-18(22)28-11-14-4-3-9-27-14)23(2)19(26)24(17(15)25)10-12-5-7-13(20)8-6-12/h3-9H,10-11H2,1-2H3. The summed E-state index contributed by atoms with van der Waals surface area (Å²) < 4.78 is 27.9. The molecule has 0 atom stereocenters. The molecule has 1 aromatic carbocycles. The number of fused-ring (bicyclic) bond motifs is 1. The van der Waals surface area contributed by atoms with Crippen LogP contribution < -0.4 is 16.0 Å². The number of aryl methyl sites for hydroxylation is 2. The first kappa shape index (κ1) is 17.8. The van der Waals surface area contributed by atoms with Crippen molar-refractivity contribution in [2.75, 3.05) is 0 Å². The van der Waals surface area contributed by atoms with Gasteiger partial charge in [0.1, 0.15) is 18.2 Å². The van der Waals surface area contributed by atoms with Gasteiger partial charge in [-0.25, -0.2) is 9.18 Å². The minimum atomic E-state index is -0.516. The van der Waals surface area contributed by atoms with E-state index in [1.165, 1.54) is 46.7 Å². The third-order valence-electron chi connectivity index (χ3n) is 4.50. The number of ether oxygens (including phenoxy) is 1. The lowest BCUT2D eigenvalue weighted by Crippen LogP contribution is -2.39. The second-order valence-electron chi connectivity index (χ2n) is 6.35. The number of nitrogens with zero attached hydrogens (tertiary/aromatic N) is 4. The van der Waals surface area contributed by atoms with E-state index >= 15 is 0 Å². The Morgan fingerprint density at radius 3 is 2.54 bits per heavy atom. The number of furan rings is 1. The minimum Gasteiger partial charge on any atom is -0.466 e. The van der Waals surface area contributed by atoms with Crippen LogP contribution in [0, 0.1) is 5.82 Å². The molecule has 8 nitrogen and oxygen atoms in total. The number of rotatable bonds is 5. The Kier molecular flexibility index (Phi) is 4.34. The average molecular weight is 384 g/mol. The normalized spacial score (nSPS) is 11.2. The number of benzene rings is 1. The molecule has 4 rings (SSSR count). The topological polar surface area (TPSA) is 84.2 Å². The molecule has 0 saturated carbocycles. The molecular formula is C19H17FN4O4. The van der Waals surface area contributed by atoms with E-state index in [-0.39, 0.29) is 36.1 Å². The Labute approximate surface area is 158 Å². The number of hydrogen-bond donors (Lipinski definition) is 0. The lowest BCUT2D eigenvalue weighted by Gasteiger charge is -2.08. The van der Waals surface area contributed by atoms with E-state index in [9.17, 15) is 14.0 Å². The van der Waals surface area contributed by atoms with E-state index in [0.717, 1.165) is 4.57 Å². The molecule has 0 amide bonds. The zero-order valence-electron chi connectivity index (χ0n) is 15.3. The van der Waals surface area contributed by atoms with Gasteiger partial charge in [0.15, 0.2) is 11.2 Å². The van der Waals surface area contributed by atoms with Gasteiger partial charge in [-0.15, -0.1) is 0 Å². The quantitative estimate of drug-likeness (QED) is 0.524. The highest BCUT2D eigenvalue weighted by atomic mass is 19.1. The zero-order chi connectivity index (χ0) is 19.8. The van der Waals surface area contributed by atoms with Crippen LogP contribution in [0.15, 0.2) is 56.7 Å². The first-order valence-electron chi connectivity index (χ1n) is 8.51. The second-order valence-corrected chi connectivity index (χ2v) is 6.35. The van der Waals surface area contributed by atoms with Crippen LogP contribution in [0.3, 0.4) is 0 Å². The van der Waals surface area contributed by atoms with Gasteiger partial charge in [0.05, 0.1) is 12.8 Å². The monoisotopic (exact) mass is 384 g/mol. The molecule has 0 N–H and O–H groups in total. The molecule has 0 aliphatic carbocycles. The van der Waals surface area contributed by atoms with Gasteiger partial charge in [0, 0.05) is 14.1 Å². The molecule has 0 spiro atoms. The van der Waals surface area contributed by atoms with Crippen LogP contribution in [0.4, 0.5) is 4.39 Å². The van der Waals surface area contributed by atoms with E-state index in [1.807, 2.05) is 0 Å². The fraction of sp³-hybridized carbons (Fsp3) is 0.211. The summed E-state index contributed by atoms with van der Waals surface area (Å²) in [5, 5.41) is 0. The van der Waals surface area contributed by atoms with Crippen LogP contribution in [0.25, 0.3) is 11.2 Å². The Hall–Kier alpha value is -3.62. The number of halogens is 1. The van der Waals surface area contributed by atoms with Gasteiger partial charge >= 0.3 is 5.69 Å². The number of hydrogen-bond acceptors (Lipinski definition) is 5. The summed E-state index contributed by atoms with van der Waals surface area (Å²) in [7, 11) is 3.18. The van der Waals surface area contributed by atoms with Crippen molar-refractivity contribution in [1.82, 2.24) is 18.7 Å². The van der Waals surface area contributed by atoms with Crippen LogP contribution in [0.2, 0.25) is 0 Å². The zero-order valence-corrected chi connectivity index (χ0v) is 15.3. The van der Waals surface area contributed by atoms with Crippen molar-refractivity contribution in [3.63, 3.8) is 0 Å². The molecule has 3 aromatic heterocycles. The smallest absolute Gasteiger partial charge is 0.332 e. The van der Waals surface area contributed by atoms with Crippen molar-refractivity contribution < 1.29 is 13.5 Å². The highest BCUT2D eigenvalue weighted by Crippen LogP contribution is 2.17. The van der Waals surface area contributed by atoms with Crippen molar-refractivity contribution in [1.29, 1.82) is 0 Å². The van der Waals surface area contributed by atoms with Crippen LogP contribution in [-0.4, -0.2) is 18.7 Å². The van der Waals surface area contributed by atoms with Crippen molar-refractivity contribution in [3.8, 4) is 6.01 Å². The Morgan fingerprint density at radius 1 is 1.11 bits per heavy atom. The molecule has 0 unspecified atom stereocenters. The molecule has 0 radical (unpaired) electrons. The van der Waals surface area contributed by atoms with Gasteiger partial charge in [0.25, 0.3) is 11.6 Å². The van der Waals surface area contributed by atoms with Gasteiger partial charge < -0.3 is 9.15 Å². The molecule has 0 saturated heterocycles. The summed E-state index contributed by atoms with van der Waals surface area (Å²) >= 11 is 0. The van der Waals surface area contributed by atoms with E-state index in [4.69, 9.17) is 9.15 Å². The fourth-order valence-corrected chi connectivity index (χ4v) is 2.99. The molecule has 0 fully saturated rings. The highest BCUT2D eigenvalue weighted by molar-refractivity contribution is 5.71. The Balaban J connectivity index is 1.77. The summed E-state index contributed by atoms with van der Waals surface area (Å²) in [5.74, 6) is 0.221. The molecular weight excluding hydrogens is 367 g/mol. The molecule has 0 bridgehead atoms. The van der Waals surface area contributed by atoms with E-state index in [1.54, 1.807) is 19.2 Å². The van der Waals surface area contributed by atoms with Gasteiger partial charge in [0.2, 0.25) is 0 Å². The van der Waals surface area contributed by atoms with Gasteiger partial charge in [-0.3, -0.25) is 18.5 Å². The average Bonchev–Trinajstić information content (AvgIpc) is 3.31. The summed E-state index contributed by atoms with van der Waals surface area (Å²) in [5.41, 5.74) is 0.0835. The lowest BCUT2D eigenvalue weighted by atomic mass is 10.2. The largest absolute Gasteiger partial charge is 0.466 e. The van der Waals surface area contributed by atoms with Crippen LogP contribution in [-0.2, 0) is 27.2 Å². The van der Waals surface area contributed by atoms with Gasteiger partial charge in [-0.1, -0.05) is 12.1 Å². The van der Waals surface area contributed by atoms with Crippen molar-refractivity contribution in [3.05, 3.63) is 80.6 Å². The Bertz CT molecular complexity index is 1250. The molecule has 3 heterocycles. The van der Waals surface area contributed by atoms with Gasteiger partial charge in [-0.05, 0) is 29.8 Å². The second kappa shape index (κ2) is 6.84. The predicted molar refractivity (Wildman–Crippen MR) is 98.8 cm³/mol. The van der Waals surface area contributed by atoms with Gasteiger partial charge in [-0.2, -0.15) is 4.98 Å². The van der Waals surface area contributed by atoms with Crippen molar-refractivity contribution >= 4 is 11.2 Å². The summed E-state index contributed by atoms with van der Waals surface area (Å²) in [4.78, 5) is 30.0. The van der Waals surface area contributed by atoms with Crippen LogP contribution in [0.5, 0.6) is 6.01 Å². The molecule has 4 aromatic rings. The van der Waals surface area contributed by atoms with Crippen LogP contribution >= 0.6 is 0 Å². The maximum Gasteiger partial charge on any atom is 0.332 e. The SMILES string of the molecule is Cn1c(OCc2ccco2)nc2c1c(=O)n(Cc1ccc(F)cc1)c(=O)n2C. The number of imidazole rings is 1. The summed E-state index contributed by atoms with van der Waals surface area (Å²) in [6.07, 6.45) is 1.53. The van der Waals surface area contributed by atoms with Crippen molar-refractivity contribution in [2.24, 2.45) is 14.1 Å². The Morgan fingerprint density at radius 2 is 1.86 bits per heavy atom. The number of aromatic nitrogens is 4. The third-order valence-corrected chi connectivity index (χ3v) is 4.50. The summed E-state index contributed by atoms with van der Waals surface area (Å²) in [6.45, 7) is 0.164. The molecule has 9 heteroatoms. The first-order chi connectivity index (χ1) is 13.5. The lowest BCUT2D eigenvalue weighted by molar-refractivity contribution is 0.244. The molecule has 0 aliphatic rings. The maximum absolute atomic E-state index is 13.1. The van der Waals surface area contributed by atoms with E-state index in [2.05, 4.69) is 4.98 Å². The predicted octanol–water partition coefficient (Wildman–Crippen LogP) is 1.79. The van der Waals surface area contributed by atoms with Crippen molar-refractivity contribution in [2.45, 2.75) is 13.2 Å². The molecule has 28 heavy (non-hydrogen) atoms. The fourth-order valence-electron chi connectivity index (χ4n) is 2.99. The third kappa shape index (κ3) is 3.00. The van der Waals surface area contributed by atoms with Crippen LogP contribution in [0.1, 0.15) is 11.3 Å². The highest BCUT2D eigenvalue weighted by Gasteiger charge is 2.19.